The van der Waals surface area contributed by atoms with E-state index in [2.05, 4.69) is 29.3 Å². The first kappa shape index (κ1) is 23.5. The molecule has 2 atom stereocenters. The molecule has 0 saturated heterocycles. The molecule has 2 N–H and O–H groups in total. The van der Waals surface area contributed by atoms with Crippen molar-refractivity contribution in [1.29, 1.82) is 0 Å². The van der Waals surface area contributed by atoms with E-state index >= 15 is 0 Å². The second kappa shape index (κ2) is 11.5. The SMILES string of the molecule is CC(C)COC[C@H](O)CN[C@@H](Cc1ccccc1)c1nc(-c2ccc([N+](=O)[O-])cc2)no1. The number of rotatable bonds is 12. The van der Waals surface area contributed by atoms with Crippen molar-refractivity contribution >= 4 is 5.69 Å². The van der Waals surface area contributed by atoms with Crippen LogP contribution >= 0.6 is 0 Å². The number of non-ortho nitro benzene ring substituents is 1. The predicted octanol–water partition coefficient (Wildman–Crippen LogP) is 3.55. The van der Waals surface area contributed by atoms with Crippen LogP contribution < -0.4 is 5.32 Å². The first-order valence-electron chi connectivity index (χ1n) is 10.5. The van der Waals surface area contributed by atoms with Crippen LogP contribution in [0.4, 0.5) is 5.69 Å². The predicted molar refractivity (Wildman–Crippen MR) is 119 cm³/mol. The molecule has 3 rings (SSSR count). The summed E-state index contributed by atoms with van der Waals surface area (Å²) in [6.45, 7) is 5.23. The van der Waals surface area contributed by atoms with Gasteiger partial charge in [-0.25, -0.2) is 0 Å². The molecule has 0 bridgehead atoms. The maximum absolute atomic E-state index is 10.9. The van der Waals surface area contributed by atoms with Gasteiger partial charge in [0.15, 0.2) is 0 Å². The third kappa shape index (κ3) is 6.94. The number of ether oxygens (including phenoxy) is 1. The van der Waals surface area contributed by atoms with Gasteiger partial charge in [0.25, 0.3) is 5.69 Å². The van der Waals surface area contributed by atoms with Crippen molar-refractivity contribution < 1.29 is 19.3 Å². The van der Waals surface area contributed by atoms with Crippen LogP contribution in [0.3, 0.4) is 0 Å². The molecule has 9 nitrogen and oxygen atoms in total. The van der Waals surface area contributed by atoms with Gasteiger partial charge >= 0.3 is 0 Å². The topological polar surface area (TPSA) is 124 Å². The average Bonchev–Trinajstić information content (AvgIpc) is 3.27. The van der Waals surface area contributed by atoms with Crippen LogP contribution in [-0.2, 0) is 11.2 Å². The number of aliphatic hydroxyl groups excluding tert-OH is 1. The van der Waals surface area contributed by atoms with Crippen molar-refractivity contribution in [1.82, 2.24) is 15.5 Å². The van der Waals surface area contributed by atoms with Gasteiger partial charge in [0.1, 0.15) is 0 Å². The summed E-state index contributed by atoms with van der Waals surface area (Å²) >= 11 is 0. The fourth-order valence-electron chi connectivity index (χ4n) is 3.10. The standard InChI is InChI=1S/C23H28N4O5/c1-16(2)14-31-15-20(28)13-24-21(12-17-6-4-3-5-7-17)23-25-22(26-32-23)18-8-10-19(11-9-18)27(29)30/h3-11,16,20-21,24,28H,12-15H2,1-2H3/t20-,21+/m1/s1. The Morgan fingerprint density at radius 2 is 1.84 bits per heavy atom. The Morgan fingerprint density at radius 3 is 2.50 bits per heavy atom. The molecule has 0 aliphatic carbocycles. The van der Waals surface area contributed by atoms with Crippen LogP contribution in [0, 0.1) is 16.0 Å². The molecule has 0 spiro atoms. The molecule has 170 valence electrons. The van der Waals surface area contributed by atoms with Gasteiger partial charge in [-0.05, 0) is 30.0 Å². The Labute approximate surface area is 186 Å². The number of hydrogen-bond donors (Lipinski definition) is 2. The fraction of sp³-hybridized carbons (Fsp3) is 0.391. The normalized spacial score (nSPS) is 13.2. The Bertz CT molecular complexity index is 976. The number of hydrogen-bond acceptors (Lipinski definition) is 8. The van der Waals surface area contributed by atoms with Gasteiger partial charge in [-0.2, -0.15) is 4.98 Å². The van der Waals surface area contributed by atoms with Gasteiger partial charge < -0.3 is 19.7 Å². The van der Waals surface area contributed by atoms with E-state index in [9.17, 15) is 15.2 Å². The lowest BCUT2D eigenvalue weighted by atomic mass is 10.1. The minimum absolute atomic E-state index is 0.00485. The highest BCUT2D eigenvalue weighted by atomic mass is 16.6. The van der Waals surface area contributed by atoms with Crippen molar-refractivity contribution in [3.8, 4) is 11.4 Å². The van der Waals surface area contributed by atoms with Crippen LogP contribution in [-0.4, -0.2) is 46.0 Å². The van der Waals surface area contributed by atoms with Gasteiger partial charge in [-0.15, -0.1) is 0 Å². The summed E-state index contributed by atoms with van der Waals surface area (Å²) in [6, 6.07) is 15.5. The summed E-state index contributed by atoms with van der Waals surface area (Å²) in [6.07, 6.45) is -0.0911. The molecule has 0 aliphatic heterocycles. The monoisotopic (exact) mass is 440 g/mol. The van der Waals surface area contributed by atoms with Crippen molar-refractivity contribution in [2.45, 2.75) is 32.4 Å². The lowest BCUT2D eigenvalue weighted by Crippen LogP contribution is -2.34. The molecule has 1 heterocycles. The molecule has 32 heavy (non-hydrogen) atoms. The summed E-state index contributed by atoms with van der Waals surface area (Å²) < 4.78 is 11.0. The highest BCUT2D eigenvalue weighted by Crippen LogP contribution is 2.23. The van der Waals surface area contributed by atoms with E-state index in [1.54, 1.807) is 12.1 Å². The van der Waals surface area contributed by atoms with Gasteiger partial charge in [-0.1, -0.05) is 49.3 Å². The van der Waals surface area contributed by atoms with Crippen molar-refractivity contribution in [2.24, 2.45) is 5.92 Å². The number of nitrogens with one attached hydrogen (secondary N) is 1. The Morgan fingerprint density at radius 1 is 1.12 bits per heavy atom. The molecular formula is C23H28N4O5. The van der Waals surface area contributed by atoms with Crippen LogP contribution in [0.25, 0.3) is 11.4 Å². The number of aromatic nitrogens is 2. The first-order chi connectivity index (χ1) is 15.4. The smallest absolute Gasteiger partial charge is 0.269 e. The molecule has 0 radical (unpaired) electrons. The van der Waals surface area contributed by atoms with E-state index in [4.69, 9.17) is 9.26 Å². The summed E-state index contributed by atoms with van der Waals surface area (Å²) in [4.78, 5) is 14.9. The molecule has 0 fully saturated rings. The summed E-state index contributed by atoms with van der Waals surface area (Å²) in [5.74, 6) is 1.12. The quantitative estimate of drug-likeness (QED) is 0.324. The van der Waals surface area contributed by atoms with Crippen LogP contribution in [0.15, 0.2) is 59.1 Å². The molecule has 0 unspecified atom stereocenters. The van der Waals surface area contributed by atoms with Crippen molar-refractivity contribution in [3.05, 3.63) is 76.2 Å². The highest BCUT2D eigenvalue weighted by Gasteiger charge is 2.21. The molecule has 0 amide bonds. The van der Waals surface area contributed by atoms with E-state index in [0.29, 0.717) is 42.8 Å². The lowest BCUT2D eigenvalue weighted by molar-refractivity contribution is -0.384. The molecule has 2 aromatic carbocycles. The summed E-state index contributed by atoms with van der Waals surface area (Å²) in [7, 11) is 0. The zero-order valence-electron chi connectivity index (χ0n) is 18.2. The average molecular weight is 441 g/mol. The van der Waals surface area contributed by atoms with Crippen molar-refractivity contribution in [2.75, 3.05) is 19.8 Å². The number of benzene rings is 2. The maximum Gasteiger partial charge on any atom is 0.269 e. The van der Waals surface area contributed by atoms with Crippen LogP contribution in [0.1, 0.15) is 31.3 Å². The van der Waals surface area contributed by atoms with Gasteiger partial charge in [0.2, 0.25) is 11.7 Å². The lowest BCUT2D eigenvalue weighted by Gasteiger charge is -2.18. The number of nitro groups is 1. The number of aliphatic hydroxyl groups is 1. The van der Waals surface area contributed by atoms with Gasteiger partial charge in [0, 0.05) is 30.8 Å². The third-order valence-electron chi connectivity index (χ3n) is 4.72. The molecule has 9 heteroatoms. The minimum atomic E-state index is -0.677. The fourth-order valence-corrected chi connectivity index (χ4v) is 3.10. The van der Waals surface area contributed by atoms with E-state index in [1.807, 2.05) is 30.3 Å². The summed E-state index contributed by atoms with van der Waals surface area (Å²) in [5, 5.41) is 28.5. The molecule has 3 aromatic rings. The molecule has 1 aromatic heterocycles. The third-order valence-corrected chi connectivity index (χ3v) is 4.72. The Balaban J connectivity index is 1.71. The largest absolute Gasteiger partial charge is 0.389 e. The maximum atomic E-state index is 10.9. The number of nitrogens with zero attached hydrogens (tertiary/aromatic N) is 3. The van der Waals surface area contributed by atoms with E-state index in [1.165, 1.54) is 12.1 Å². The molecular weight excluding hydrogens is 412 g/mol. The zero-order valence-corrected chi connectivity index (χ0v) is 18.2. The first-order valence-corrected chi connectivity index (χ1v) is 10.5. The second-order valence-corrected chi connectivity index (χ2v) is 8.00. The van der Waals surface area contributed by atoms with Crippen LogP contribution in [0.5, 0.6) is 0 Å². The Kier molecular flexibility index (Phi) is 8.43. The van der Waals surface area contributed by atoms with Crippen molar-refractivity contribution in [3.63, 3.8) is 0 Å². The zero-order chi connectivity index (χ0) is 22.9. The highest BCUT2D eigenvalue weighted by molar-refractivity contribution is 5.56. The molecule has 0 saturated carbocycles. The van der Waals surface area contributed by atoms with E-state index in [0.717, 1.165) is 5.56 Å². The van der Waals surface area contributed by atoms with E-state index in [-0.39, 0.29) is 18.3 Å². The van der Waals surface area contributed by atoms with Gasteiger partial charge in [-0.3, -0.25) is 10.1 Å². The molecule has 0 aliphatic rings. The summed E-state index contributed by atoms with van der Waals surface area (Å²) in [5.41, 5.74) is 1.69. The Hall–Kier alpha value is -3.14. The van der Waals surface area contributed by atoms with Gasteiger partial charge in [0.05, 0.1) is 23.7 Å². The minimum Gasteiger partial charge on any atom is -0.389 e. The van der Waals surface area contributed by atoms with Crippen LogP contribution in [0.2, 0.25) is 0 Å². The number of nitro benzene ring substituents is 1. The van der Waals surface area contributed by atoms with E-state index < -0.39 is 11.0 Å². The second-order valence-electron chi connectivity index (χ2n) is 8.00.